The van der Waals surface area contributed by atoms with Crippen LogP contribution in [-0.4, -0.2) is 16.3 Å². The first kappa shape index (κ1) is 12.6. The molecule has 1 aromatic carbocycles. The molecule has 5 heteroatoms. The zero-order valence-corrected chi connectivity index (χ0v) is 11.8. The van der Waals surface area contributed by atoms with Gasteiger partial charge in [-0.2, -0.15) is 0 Å². The van der Waals surface area contributed by atoms with Crippen molar-refractivity contribution in [1.29, 1.82) is 0 Å². The molecule has 3 rings (SSSR count). The zero-order chi connectivity index (χ0) is 13.2. The molecule has 0 amide bonds. The Kier molecular flexibility index (Phi) is 3.53. The SMILES string of the molecule is Oc1ccc(Cl)cc1/C=N/c1nc2c(s1)CCCC2. The van der Waals surface area contributed by atoms with E-state index in [2.05, 4.69) is 9.98 Å². The van der Waals surface area contributed by atoms with Crippen LogP contribution in [0, 0.1) is 0 Å². The Labute approximate surface area is 120 Å². The summed E-state index contributed by atoms with van der Waals surface area (Å²) in [7, 11) is 0. The number of hydrogen-bond acceptors (Lipinski definition) is 4. The monoisotopic (exact) mass is 292 g/mol. The number of nitrogens with zero attached hydrogens (tertiary/aromatic N) is 2. The topological polar surface area (TPSA) is 45.5 Å². The third-order valence-electron chi connectivity index (χ3n) is 3.14. The number of aliphatic imine (C=N–C) groups is 1. The zero-order valence-electron chi connectivity index (χ0n) is 10.3. The number of benzene rings is 1. The van der Waals surface area contributed by atoms with Crippen molar-refractivity contribution in [2.24, 2.45) is 4.99 Å². The number of phenolic OH excluding ortho intramolecular Hbond substituents is 1. The van der Waals surface area contributed by atoms with Crippen LogP contribution in [0.15, 0.2) is 23.2 Å². The molecule has 19 heavy (non-hydrogen) atoms. The molecule has 3 nitrogen and oxygen atoms in total. The summed E-state index contributed by atoms with van der Waals surface area (Å²) in [4.78, 5) is 10.2. The molecule has 1 aliphatic carbocycles. The lowest BCUT2D eigenvalue weighted by atomic mass is 10.0. The van der Waals surface area contributed by atoms with Crippen molar-refractivity contribution in [1.82, 2.24) is 4.98 Å². The normalized spacial score (nSPS) is 14.8. The second-order valence-corrected chi connectivity index (χ2v) is 6.03. The van der Waals surface area contributed by atoms with E-state index in [0.29, 0.717) is 10.6 Å². The molecular weight excluding hydrogens is 280 g/mol. The smallest absolute Gasteiger partial charge is 0.209 e. The molecule has 0 saturated carbocycles. The average Bonchev–Trinajstić information content (AvgIpc) is 2.82. The van der Waals surface area contributed by atoms with E-state index in [4.69, 9.17) is 11.6 Å². The highest BCUT2D eigenvalue weighted by atomic mass is 35.5. The Morgan fingerprint density at radius 1 is 1.32 bits per heavy atom. The largest absolute Gasteiger partial charge is 0.507 e. The average molecular weight is 293 g/mol. The van der Waals surface area contributed by atoms with E-state index in [-0.39, 0.29) is 5.75 Å². The van der Waals surface area contributed by atoms with Gasteiger partial charge in [0.2, 0.25) is 5.13 Å². The van der Waals surface area contributed by atoms with Crippen LogP contribution in [0.3, 0.4) is 0 Å². The summed E-state index contributed by atoms with van der Waals surface area (Å²) in [6, 6.07) is 4.90. The number of aromatic nitrogens is 1. The van der Waals surface area contributed by atoms with Crippen molar-refractivity contribution in [2.45, 2.75) is 25.7 Å². The van der Waals surface area contributed by atoms with Gasteiger partial charge in [-0.1, -0.05) is 22.9 Å². The number of aromatic hydroxyl groups is 1. The van der Waals surface area contributed by atoms with E-state index in [0.717, 1.165) is 18.0 Å². The van der Waals surface area contributed by atoms with Crippen molar-refractivity contribution in [3.8, 4) is 5.75 Å². The lowest BCUT2D eigenvalue weighted by Crippen LogP contribution is -1.98. The van der Waals surface area contributed by atoms with Crippen LogP contribution in [0.25, 0.3) is 0 Å². The molecular formula is C14H13ClN2OS. The Morgan fingerprint density at radius 3 is 3.00 bits per heavy atom. The molecule has 0 bridgehead atoms. The van der Waals surface area contributed by atoms with Crippen molar-refractivity contribution in [3.05, 3.63) is 39.4 Å². The molecule has 0 aliphatic heterocycles. The van der Waals surface area contributed by atoms with Gasteiger partial charge >= 0.3 is 0 Å². The van der Waals surface area contributed by atoms with Gasteiger partial charge in [0.1, 0.15) is 5.75 Å². The first-order chi connectivity index (χ1) is 9.22. The second-order valence-electron chi connectivity index (χ2n) is 4.53. The van der Waals surface area contributed by atoms with Gasteiger partial charge in [0.15, 0.2) is 0 Å². The van der Waals surface area contributed by atoms with Gasteiger partial charge in [0.05, 0.1) is 5.69 Å². The van der Waals surface area contributed by atoms with Crippen molar-refractivity contribution in [2.75, 3.05) is 0 Å². The van der Waals surface area contributed by atoms with E-state index in [1.54, 1.807) is 35.8 Å². The minimum Gasteiger partial charge on any atom is -0.507 e. The van der Waals surface area contributed by atoms with E-state index >= 15 is 0 Å². The summed E-state index contributed by atoms with van der Waals surface area (Å²) < 4.78 is 0. The Balaban J connectivity index is 1.86. The van der Waals surface area contributed by atoms with Crippen LogP contribution >= 0.6 is 22.9 Å². The fourth-order valence-corrected chi connectivity index (χ4v) is 3.32. The van der Waals surface area contributed by atoms with Crippen LogP contribution in [0.2, 0.25) is 5.02 Å². The Bertz CT molecular complexity index is 613. The third-order valence-corrected chi connectivity index (χ3v) is 4.44. The van der Waals surface area contributed by atoms with Gasteiger partial charge in [-0.25, -0.2) is 9.98 Å². The van der Waals surface area contributed by atoms with E-state index in [1.165, 1.54) is 23.4 Å². The minimum atomic E-state index is 0.175. The summed E-state index contributed by atoms with van der Waals surface area (Å²) >= 11 is 7.54. The maximum absolute atomic E-state index is 9.71. The first-order valence-corrected chi connectivity index (χ1v) is 7.43. The molecule has 1 aromatic heterocycles. The predicted octanol–water partition coefficient (Wildman–Crippen LogP) is 4.13. The quantitative estimate of drug-likeness (QED) is 0.846. The number of rotatable bonds is 2. The molecule has 0 spiro atoms. The van der Waals surface area contributed by atoms with Gasteiger partial charge in [0.25, 0.3) is 0 Å². The number of aryl methyl sites for hydroxylation is 2. The number of hydrogen-bond donors (Lipinski definition) is 1. The second kappa shape index (κ2) is 5.31. The molecule has 1 N–H and O–H groups in total. The molecule has 98 valence electrons. The maximum Gasteiger partial charge on any atom is 0.209 e. The number of thiazole rings is 1. The Hall–Kier alpha value is -1.39. The fraction of sp³-hybridized carbons (Fsp3) is 0.286. The molecule has 0 unspecified atom stereocenters. The summed E-state index contributed by atoms with van der Waals surface area (Å²) in [5.41, 5.74) is 1.80. The third kappa shape index (κ3) is 2.80. The van der Waals surface area contributed by atoms with E-state index < -0.39 is 0 Å². The van der Waals surface area contributed by atoms with Crippen LogP contribution < -0.4 is 0 Å². The molecule has 0 saturated heterocycles. The van der Waals surface area contributed by atoms with Gasteiger partial charge in [-0.15, -0.1) is 0 Å². The minimum absolute atomic E-state index is 0.175. The molecule has 0 fully saturated rings. The van der Waals surface area contributed by atoms with Crippen molar-refractivity contribution >= 4 is 34.3 Å². The maximum atomic E-state index is 9.71. The molecule has 1 aliphatic rings. The lowest BCUT2D eigenvalue weighted by Gasteiger charge is -2.06. The standard InChI is InChI=1S/C14H13ClN2OS/c15-10-5-6-12(18)9(7-10)8-16-14-17-11-3-1-2-4-13(11)19-14/h5-8,18H,1-4H2/b16-8+. The highest BCUT2D eigenvalue weighted by Crippen LogP contribution is 2.31. The predicted molar refractivity (Wildman–Crippen MR) is 79.1 cm³/mol. The summed E-state index contributed by atoms with van der Waals surface area (Å²) in [5, 5.41) is 11.0. The van der Waals surface area contributed by atoms with Crippen molar-refractivity contribution in [3.63, 3.8) is 0 Å². The van der Waals surface area contributed by atoms with Gasteiger partial charge < -0.3 is 5.11 Å². The molecule has 2 aromatic rings. The highest BCUT2D eigenvalue weighted by molar-refractivity contribution is 7.15. The van der Waals surface area contributed by atoms with Crippen LogP contribution in [0.1, 0.15) is 29.0 Å². The van der Waals surface area contributed by atoms with Gasteiger partial charge in [0, 0.05) is 21.7 Å². The van der Waals surface area contributed by atoms with Gasteiger partial charge in [-0.3, -0.25) is 0 Å². The molecule has 1 heterocycles. The first-order valence-electron chi connectivity index (χ1n) is 6.23. The summed E-state index contributed by atoms with van der Waals surface area (Å²) in [5.74, 6) is 0.175. The summed E-state index contributed by atoms with van der Waals surface area (Å²) in [6.07, 6.45) is 6.25. The number of phenols is 1. The molecule has 0 atom stereocenters. The number of halogens is 1. The molecule has 0 radical (unpaired) electrons. The van der Waals surface area contributed by atoms with Crippen LogP contribution in [0.5, 0.6) is 5.75 Å². The van der Waals surface area contributed by atoms with Crippen LogP contribution in [0.4, 0.5) is 5.13 Å². The lowest BCUT2D eigenvalue weighted by molar-refractivity contribution is 0.474. The van der Waals surface area contributed by atoms with Gasteiger partial charge in [-0.05, 0) is 43.9 Å². The Morgan fingerprint density at radius 2 is 2.16 bits per heavy atom. The summed E-state index contributed by atoms with van der Waals surface area (Å²) in [6.45, 7) is 0. The highest BCUT2D eigenvalue weighted by Gasteiger charge is 2.14. The number of fused-ring (bicyclic) bond motifs is 1. The van der Waals surface area contributed by atoms with Crippen LogP contribution in [-0.2, 0) is 12.8 Å². The van der Waals surface area contributed by atoms with Crippen molar-refractivity contribution < 1.29 is 5.11 Å². The van der Waals surface area contributed by atoms with E-state index in [9.17, 15) is 5.11 Å². The fourth-order valence-electron chi connectivity index (χ4n) is 2.15. The van der Waals surface area contributed by atoms with E-state index in [1.807, 2.05) is 0 Å².